The molecule has 120 valence electrons. The molecule has 21 heavy (non-hydrogen) atoms. The summed E-state index contributed by atoms with van der Waals surface area (Å²) in [6.07, 6.45) is 6.17. The van der Waals surface area contributed by atoms with Crippen LogP contribution in [0, 0.1) is 11.8 Å². The molecule has 2 rings (SSSR count). The van der Waals surface area contributed by atoms with Crippen LogP contribution >= 0.6 is 0 Å². The fourth-order valence-corrected chi connectivity index (χ4v) is 3.83. The quantitative estimate of drug-likeness (QED) is 0.871. The van der Waals surface area contributed by atoms with Crippen LogP contribution in [0.5, 0.6) is 0 Å². The monoisotopic (exact) mass is 296 g/mol. The number of aliphatic carboxylic acids is 1. The van der Waals surface area contributed by atoms with E-state index >= 15 is 0 Å². The number of carbonyl (C=O) groups is 2. The summed E-state index contributed by atoms with van der Waals surface area (Å²) in [5.74, 6) is 0.429. The van der Waals surface area contributed by atoms with Crippen LogP contribution in [0.25, 0.3) is 0 Å². The van der Waals surface area contributed by atoms with Crippen molar-refractivity contribution in [2.24, 2.45) is 11.8 Å². The molecule has 0 bridgehead atoms. The molecule has 2 fully saturated rings. The predicted octanol–water partition coefficient (Wildman–Crippen LogP) is 2.80. The highest BCUT2D eigenvalue weighted by Gasteiger charge is 2.41. The number of carbonyl (C=O) groups excluding carboxylic acids is 1. The largest absolute Gasteiger partial charge is 0.480 e. The van der Waals surface area contributed by atoms with Crippen LogP contribution in [0.4, 0.5) is 4.79 Å². The maximum atomic E-state index is 12.7. The predicted molar refractivity (Wildman–Crippen MR) is 81.1 cm³/mol. The number of likely N-dealkylation sites (tertiary alicyclic amines) is 1. The van der Waals surface area contributed by atoms with Gasteiger partial charge in [0, 0.05) is 19.6 Å². The maximum Gasteiger partial charge on any atom is 0.329 e. The zero-order valence-electron chi connectivity index (χ0n) is 13.5. The van der Waals surface area contributed by atoms with Crippen molar-refractivity contribution < 1.29 is 14.7 Å². The number of urea groups is 1. The van der Waals surface area contributed by atoms with Gasteiger partial charge in [-0.1, -0.05) is 19.3 Å². The molecule has 0 aromatic heterocycles. The van der Waals surface area contributed by atoms with Crippen LogP contribution in [0.3, 0.4) is 0 Å². The van der Waals surface area contributed by atoms with Gasteiger partial charge in [-0.05, 0) is 45.4 Å². The number of carboxylic acids is 1. The third-order valence-corrected chi connectivity index (χ3v) is 5.31. The summed E-state index contributed by atoms with van der Waals surface area (Å²) >= 11 is 0. The minimum absolute atomic E-state index is 0.117. The van der Waals surface area contributed by atoms with E-state index in [1.54, 1.807) is 13.8 Å². The number of carboxylic acid groups (broad SMARTS) is 1. The first-order valence-electron chi connectivity index (χ1n) is 8.17. The Kier molecular flexibility index (Phi) is 4.79. The van der Waals surface area contributed by atoms with Crippen molar-refractivity contribution in [3.8, 4) is 0 Å². The van der Waals surface area contributed by atoms with Gasteiger partial charge in [-0.15, -0.1) is 0 Å². The van der Waals surface area contributed by atoms with E-state index in [-0.39, 0.29) is 6.03 Å². The second-order valence-corrected chi connectivity index (χ2v) is 6.93. The van der Waals surface area contributed by atoms with Crippen LogP contribution in [0.1, 0.15) is 52.9 Å². The molecular formula is C16H28N2O3. The summed E-state index contributed by atoms with van der Waals surface area (Å²) in [5, 5.41) is 9.37. The Labute approximate surface area is 127 Å². The zero-order chi connectivity index (χ0) is 15.6. The van der Waals surface area contributed by atoms with Crippen molar-refractivity contribution in [1.29, 1.82) is 0 Å². The Morgan fingerprint density at radius 3 is 2.38 bits per heavy atom. The molecule has 1 aliphatic heterocycles. The Hall–Kier alpha value is -1.26. The molecule has 1 heterocycles. The van der Waals surface area contributed by atoms with E-state index in [4.69, 9.17) is 0 Å². The molecule has 1 saturated carbocycles. The van der Waals surface area contributed by atoms with Gasteiger partial charge < -0.3 is 14.9 Å². The number of rotatable bonds is 3. The van der Waals surface area contributed by atoms with Gasteiger partial charge in [0.2, 0.25) is 0 Å². The van der Waals surface area contributed by atoms with Gasteiger partial charge in [-0.25, -0.2) is 9.59 Å². The summed E-state index contributed by atoms with van der Waals surface area (Å²) < 4.78 is 0. The molecule has 1 saturated heterocycles. The van der Waals surface area contributed by atoms with Crippen LogP contribution in [-0.4, -0.2) is 52.1 Å². The summed E-state index contributed by atoms with van der Waals surface area (Å²) in [4.78, 5) is 27.5. The second-order valence-electron chi connectivity index (χ2n) is 6.93. The van der Waals surface area contributed by atoms with Crippen molar-refractivity contribution in [2.45, 2.75) is 58.4 Å². The summed E-state index contributed by atoms with van der Waals surface area (Å²) in [6.45, 7) is 7.04. The molecule has 2 unspecified atom stereocenters. The SMILES string of the molecule is CCN(C(=O)N1CCC2CCCCC2C1)C(C)(C)C(=O)O. The number of hydrogen-bond acceptors (Lipinski definition) is 2. The number of likely N-dealkylation sites (N-methyl/N-ethyl adjacent to an activating group) is 1. The van der Waals surface area contributed by atoms with Gasteiger partial charge in [0.05, 0.1) is 0 Å². The Morgan fingerprint density at radius 2 is 1.81 bits per heavy atom. The molecule has 1 N–H and O–H groups in total. The van der Waals surface area contributed by atoms with E-state index in [0.29, 0.717) is 12.5 Å². The molecule has 2 aliphatic rings. The zero-order valence-corrected chi connectivity index (χ0v) is 13.5. The standard InChI is InChI=1S/C16H28N2O3/c1-4-18(16(2,3)14(19)20)15(21)17-10-9-12-7-5-6-8-13(12)11-17/h12-13H,4-11H2,1-3H3,(H,19,20). The highest BCUT2D eigenvalue weighted by molar-refractivity contribution is 5.85. The fourth-order valence-electron chi connectivity index (χ4n) is 3.83. The van der Waals surface area contributed by atoms with E-state index in [9.17, 15) is 14.7 Å². The summed E-state index contributed by atoms with van der Waals surface area (Å²) in [5.41, 5.74) is -1.16. The molecule has 5 nitrogen and oxygen atoms in total. The average molecular weight is 296 g/mol. The van der Waals surface area contributed by atoms with Crippen molar-refractivity contribution in [2.75, 3.05) is 19.6 Å². The third-order valence-electron chi connectivity index (χ3n) is 5.31. The van der Waals surface area contributed by atoms with E-state index < -0.39 is 11.5 Å². The number of hydrogen-bond donors (Lipinski definition) is 1. The maximum absolute atomic E-state index is 12.7. The van der Waals surface area contributed by atoms with Gasteiger partial charge in [-0.2, -0.15) is 0 Å². The first-order chi connectivity index (χ1) is 9.87. The van der Waals surface area contributed by atoms with Crippen molar-refractivity contribution >= 4 is 12.0 Å². The molecule has 0 radical (unpaired) electrons. The summed E-state index contributed by atoms with van der Waals surface area (Å²) in [7, 11) is 0. The van der Waals surface area contributed by atoms with E-state index in [0.717, 1.165) is 25.4 Å². The fraction of sp³-hybridized carbons (Fsp3) is 0.875. The lowest BCUT2D eigenvalue weighted by molar-refractivity contribution is -0.147. The third kappa shape index (κ3) is 3.16. The van der Waals surface area contributed by atoms with Crippen LogP contribution in [0.2, 0.25) is 0 Å². The number of piperidine rings is 1. The highest BCUT2D eigenvalue weighted by atomic mass is 16.4. The molecule has 1 aliphatic carbocycles. The first kappa shape index (κ1) is 16.1. The van der Waals surface area contributed by atoms with Gasteiger partial charge in [0.1, 0.15) is 5.54 Å². The molecular weight excluding hydrogens is 268 g/mol. The van der Waals surface area contributed by atoms with Crippen LogP contribution in [0.15, 0.2) is 0 Å². The lowest BCUT2D eigenvalue weighted by Gasteiger charge is -2.44. The van der Waals surface area contributed by atoms with Crippen molar-refractivity contribution in [1.82, 2.24) is 9.80 Å². The molecule has 2 atom stereocenters. The van der Waals surface area contributed by atoms with E-state index in [2.05, 4.69) is 0 Å². The number of amides is 2. The van der Waals surface area contributed by atoms with E-state index in [1.165, 1.54) is 30.6 Å². The molecule has 0 aromatic carbocycles. The van der Waals surface area contributed by atoms with Crippen LogP contribution in [-0.2, 0) is 4.79 Å². The molecule has 2 amide bonds. The Morgan fingerprint density at radius 1 is 1.19 bits per heavy atom. The van der Waals surface area contributed by atoms with Crippen molar-refractivity contribution in [3.63, 3.8) is 0 Å². The lowest BCUT2D eigenvalue weighted by atomic mass is 9.75. The average Bonchev–Trinajstić information content (AvgIpc) is 2.46. The van der Waals surface area contributed by atoms with E-state index in [1.807, 2.05) is 11.8 Å². The lowest BCUT2D eigenvalue weighted by Crippen LogP contribution is -2.59. The Bertz CT molecular complexity index is 408. The summed E-state index contributed by atoms with van der Waals surface area (Å²) in [6, 6.07) is -0.117. The van der Waals surface area contributed by atoms with Gasteiger partial charge in [-0.3, -0.25) is 0 Å². The Balaban J connectivity index is 2.06. The minimum Gasteiger partial charge on any atom is -0.480 e. The number of nitrogens with zero attached hydrogens (tertiary/aromatic N) is 2. The van der Waals surface area contributed by atoms with Gasteiger partial charge >= 0.3 is 12.0 Å². The topological polar surface area (TPSA) is 60.9 Å². The molecule has 0 spiro atoms. The highest BCUT2D eigenvalue weighted by Crippen LogP contribution is 2.36. The smallest absolute Gasteiger partial charge is 0.329 e. The number of fused-ring (bicyclic) bond motifs is 1. The second kappa shape index (κ2) is 6.24. The van der Waals surface area contributed by atoms with Crippen LogP contribution < -0.4 is 0 Å². The van der Waals surface area contributed by atoms with Gasteiger partial charge in [0.25, 0.3) is 0 Å². The molecule has 0 aromatic rings. The van der Waals surface area contributed by atoms with Crippen molar-refractivity contribution in [3.05, 3.63) is 0 Å². The minimum atomic E-state index is -1.16. The van der Waals surface area contributed by atoms with Gasteiger partial charge in [0.15, 0.2) is 0 Å². The molecule has 5 heteroatoms. The normalized spacial score (nSPS) is 26.1. The first-order valence-corrected chi connectivity index (χ1v) is 8.17.